The third kappa shape index (κ3) is 2.55. The van der Waals surface area contributed by atoms with Crippen LogP contribution in [-0.2, 0) is 0 Å². The molecule has 0 radical (unpaired) electrons. The van der Waals surface area contributed by atoms with Crippen molar-refractivity contribution >= 4 is 29.1 Å². The molecule has 0 fully saturated rings. The summed E-state index contributed by atoms with van der Waals surface area (Å²) < 4.78 is 5.10. The summed E-state index contributed by atoms with van der Waals surface area (Å²) in [6.45, 7) is 0. The summed E-state index contributed by atoms with van der Waals surface area (Å²) in [6, 6.07) is 33.6. The molecule has 3 aromatic rings. The molecule has 0 unspecified atom stereocenters. The van der Waals surface area contributed by atoms with Gasteiger partial charge in [-0.1, -0.05) is 0 Å². The minimum absolute atomic E-state index is 0.506. The van der Waals surface area contributed by atoms with E-state index in [-0.39, 0.29) is 0 Å². The van der Waals surface area contributed by atoms with Gasteiger partial charge in [0.2, 0.25) is 0 Å². The molecular formula is C23H20Sn. The summed E-state index contributed by atoms with van der Waals surface area (Å²) in [5.41, 5.74) is 0. The van der Waals surface area contributed by atoms with Gasteiger partial charge in [0.25, 0.3) is 0 Å². The number of hydrogen-bond acceptors (Lipinski definition) is 0. The summed E-state index contributed by atoms with van der Waals surface area (Å²) >= 11 is -3.16. The van der Waals surface area contributed by atoms with Crippen LogP contribution in [0, 0.1) is 0 Å². The van der Waals surface area contributed by atoms with E-state index in [1.165, 1.54) is 10.7 Å². The standard InChI is InChI=1S/3C6H5.C5H5.Sn/c3*1-2-4-6-5-3-1;1-2-4-5-3-1;/h3*1-5H;1-5H;. The van der Waals surface area contributed by atoms with E-state index >= 15 is 0 Å². The summed E-state index contributed by atoms with van der Waals surface area (Å²) in [4.78, 5) is 0. The van der Waals surface area contributed by atoms with Gasteiger partial charge in [-0.05, 0) is 0 Å². The molecule has 0 saturated carbocycles. The third-order valence-electron chi connectivity index (χ3n) is 4.94. The predicted octanol–water partition coefficient (Wildman–Crippen LogP) is 3.65. The van der Waals surface area contributed by atoms with Crippen molar-refractivity contribution in [2.45, 2.75) is 3.93 Å². The molecule has 0 heterocycles. The molecule has 116 valence electrons. The van der Waals surface area contributed by atoms with Crippen LogP contribution in [0.2, 0.25) is 3.93 Å². The molecule has 0 N–H and O–H groups in total. The SMILES string of the molecule is C1=C[CH]([Sn]([c]2ccccc2)([c]2ccccc2)[c]2ccccc2)C=C1. The normalized spacial score (nSPS) is 14.2. The van der Waals surface area contributed by atoms with E-state index in [1.54, 1.807) is 0 Å². The van der Waals surface area contributed by atoms with E-state index in [0.717, 1.165) is 0 Å². The molecule has 0 spiro atoms. The van der Waals surface area contributed by atoms with Gasteiger partial charge in [-0.3, -0.25) is 0 Å². The number of hydrogen-bond donors (Lipinski definition) is 0. The van der Waals surface area contributed by atoms with E-state index in [9.17, 15) is 0 Å². The molecule has 0 nitrogen and oxygen atoms in total. The van der Waals surface area contributed by atoms with Gasteiger partial charge in [0.05, 0.1) is 0 Å². The van der Waals surface area contributed by atoms with E-state index in [0.29, 0.717) is 3.93 Å². The van der Waals surface area contributed by atoms with Crippen LogP contribution in [0.1, 0.15) is 0 Å². The van der Waals surface area contributed by atoms with Crippen molar-refractivity contribution in [3.63, 3.8) is 0 Å². The number of benzene rings is 3. The first-order valence-corrected chi connectivity index (χ1v) is 14.4. The molecule has 3 aromatic carbocycles. The van der Waals surface area contributed by atoms with Crippen LogP contribution in [0.15, 0.2) is 115 Å². The van der Waals surface area contributed by atoms with Gasteiger partial charge in [-0.2, -0.15) is 0 Å². The van der Waals surface area contributed by atoms with E-state index < -0.39 is 18.4 Å². The van der Waals surface area contributed by atoms with Gasteiger partial charge in [-0.25, -0.2) is 0 Å². The molecule has 0 bridgehead atoms. The maximum atomic E-state index is 2.41. The zero-order valence-corrected chi connectivity index (χ0v) is 16.4. The Balaban J connectivity index is 2.07. The Labute approximate surface area is 148 Å². The van der Waals surface area contributed by atoms with Crippen molar-refractivity contribution in [3.8, 4) is 0 Å². The van der Waals surface area contributed by atoms with Crippen LogP contribution in [0.3, 0.4) is 0 Å². The quantitative estimate of drug-likeness (QED) is 0.571. The van der Waals surface area contributed by atoms with E-state index in [2.05, 4.69) is 115 Å². The molecule has 0 amide bonds. The first-order valence-electron chi connectivity index (χ1n) is 8.44. The zero-order chi connectivity index (χ0) is 16.2. The van der Waals surface area contributed by atoms with Gasteiger partial charge in [0, 0.05) is 0 Å². The Morgan fingerprint density at radius 1 is 0.458 bits per heavy atom. The second-order valence-corrected chi connectivity index (χ2v) is 17.7. The Morgan fingerprint density at radius 3 is 1.12 bits per heavy atom. The molecule has 0 aliphatic heterocycles. The maximum absolute atomic E-state index is 3.16. The van der Waals surface area contributed by atoms with Gasteiger partial charge in [0.1, 0.15) is 0 Å². The van der Waals surface area contributed by atoms with Crippen LogP contribution in [-0.4, -0.2) is 18.4 Å². The first kappa shape index (κ1) is 15.5. The van der Waals surface area contributed by atoms with Gasteiger partial charge in [0.15, 0.2) is 0 Å². The average molecular weight is 415 g/mol. The monoisotopic (exact) mass is 416 g/mol. The Bertz CT molecular complexity index is 740. The summed E-state index contributed by atoms with van der Waals surface area (Å²) in [5, 5.41) is 0. The molecule has 24 heavy (non-hydrogen) atoms. The van der Waals surface area contributed by atoms with Gasteiger partial charge in [-0.15, -0.1) is 0 Å². The molecule has 0 atom stereocenters. The fraction of sp³-hybridized carbons (Fsp3) is 0.0435. The van der Waals surface area contributed by atoms with Crippen LogP contribution < -0.4 is 10.7 Å². The van der Waals surface area contributed by atoms with Gasteiger partial charge < -0.3 is 0 Å². The fourth-order valence-electron chi connectivity index (χ4n) is 3.90. The molecule has 1 aliphatic carbocycles. The Morgan fingerprint density at radius 2 is 0.792 bits per heavy atom. The van der Waals surface area contributed by atoms with Crippen molar-refractivity contribution in [3.05, 3.63) is 115 Å². The second-order valence-electron chi connectivity index (χ2n) is 6.20. The molecule has 1 aliphatic rings. The number of allylic oxidation sites excluding steroid dienone is 4. The zero-order valence-electron chi connectivity index (χ0n) is 13.5. The summed E-state index contributed by atoms with van der Waals surface area (Å²) in [7, 11) is 0. The first-order chi connectivity index (χ1) is 11.9. The Kier molecular flexibility index (Phi) is 4.39. The molecule has 1 heteroatoms. The van der Waals surface area contributed by atoms with Crippen molar-refractivity contribution in [2.75, 3.05) is 0 Å². The predicted molar refractivity (Wildman–Crippen MR) is 106 cm³/mol. The summed E-state index contributed by atoms with van der Waals surface area (Å²) in [6.07, 6.45) is 9.24. The fourth-order valence-corrected chi connectivity index (χ4v) is 18.5. The van der Waals surface area contributed by atoms with Crippen LogP contribution in [0.4, 0.5) is 0 Å². The summed E-state index contributed by atoms with van der Waals surface area (Å²) in [5.74, 6) is 0. The second kappa shape index (κ2) is 6.82. The van der Waals surface area contributed by atoms with Crippen molar-refractivity contribution in [1.82, 2.24) is 0 Å². The molecule has 0 aromatic heterocycles. The van der Waals surface area contributed by atoms with Crippen molar-refractivity contribution in [1.29, 1.82) is 0 Å². The van der Waals surface area contributed by atoms with E-state index in [1.807, 2.05) is 0 Å². The van der Waals surface area contributed by atoms with Crippen molar-refractivity contribution < 1.29 is 0 Å². The minimum atomic E-state index is -3.16. The number of rotatable bonds is 4. The van der Waals surface area contributed by atoms with E-state index in [4.69, 9.17) is 0 Å². The van der Waals surface area contributed by atoms with Crippen LogP contribution >= 0.6 is 0 Å². The Hall–Kier alpha value is -2.06. The molecule has 0 saturated heterocycles. The van der Waals surface area contributed by atoms with Gasteiger partial charge >= 0.3 is 148 Å². The molecule has 4 rings (SSSR count). The average Bonchev–Trinajstić information content (AvgIpc) is 3.20. The van der Waals surface area contributed by atoms with Crippen LogP contribution in [0.25, 0.3) is 0 Å². The van der Waals surface area contributed by atoms with Crippen LogP contribution in [0.5, 0.6) is 0 Å². The topological polar surface area (TPSA) is 0 Å². The van der Waals surface area contributed by atoms with Crippen molar-refractivity contribution in [2.24, 2.45) is 0 Å². The third-order valence-corrected chi connectivity index (χ3v) is 19.5. The molecular weight excluding hydrogens is 395 g/mol.